The molecule has 0 saturated carbocycles. The van der Waals surface area contributed by atoms with Crippen LogP contribution >= 0.6 is 0 Å². The van der Waals surface area contributed by atoms with Crippen LogP contribution in [0.25, 0.3) is 0 Å². The third-order valence-corrected chi connectivity index (χ3v) is 2.98. The van der Waals surface area contributed by atoms with Gasteiger partial charge in [0.05, 0.1) is 11.9 Å². The zero-order chi connectivity index (χ0) is 10.2. The molecule has 3 heteroatoms. The molecule has 2 heterocycles. The lowest BCUT2D eigenvalue weighted by Gasteiger charge is -2.33. The molecule has 1 fully saturated rings. The monoisotopic (exact) mass is 191 g/mol. The first-order valence-corrected chi connectivity index (χ1v) is 5.09. The minimum atomic E-state index is 0.262. The van der Waals surface area contributed by atoms with Crippen LogP contribution in [0.3, 0.4) is 0 Å². The molecule has 1 aromatic rings. The fourth-order valence-electron chi connectivity index (χ4n) is 2.14. The molecule has 14 heavy (non-hydrogen) atoms. The Kier molecular flexibility index (Phi) is 2.10. The molecule has 0 spiro atoms. The Morgan fingerprint density at radius 3 is 2.71 bits per heavy atom. The lowest BCUT2D eigenvalue weighted by atomic mass is 10.0. The minimum Gasteiger partial charge on any atom is -0.384 e. The zero-order valence-electron chi connectivity index (χ0n) is 8.83. The van der Waals surface area contributed by atoms with Crippen LogP contribution in [-0.4, -0.2) is 17.1 Å². The van der Waals surface area contributed by atoms with Gasteiger partial charge in [0.2, 0.25) is 0 Å². The largest absolute Gasteiger partial charge is 0.384 e. The maximum absolute atomic E-state index is 5.56. The lowest BCUT2D eigenvalue weighted by molar-refractivity contribution is 0.517. The maximum atomic E-state index is 5.56. The molecule has 0 aromatic carbocycles. The summed E-state index contributed by atoms with van der Waals surface area (Å²) in [6.45, 7) is 5.67. The smallest absolute Gasteiger partial charge is 0.123 e. The van der Waals surface area contributed by atoms with Gasteiger partial charge in [-0.05, 0) is 38.8 Å². The number of hydrogen-bond donors (Lipinski definition) is 1. The lowest BCUT2D eigenvalue weighted by Crippen LogP contribution is -2.38. The molecular formula is C11H17N3. The van der Waals surface area contributed by atoms with Gasteiger partial charge in [-0.1, -0.05) is 0 Å². The van der Waals surface area contributed by atoms with Crippen molar-refractivity contribution in [3.8, 4) is 0 Å². The Bertz CT molecular complexity index is 316. The van der Waals surface area contributed by atoms with E-state index in [4.69, 9.17) is 5.73 Å². The van der Waals surface area contributed by atoms with Gasteiger partial charge < -0.3 is 10.6 Å². The van der Waals surface area contributed by atoms with Gasteiger partial charge in [-0.2, -0.15) is 0 Å². The summed E-state index contributed by atoms with van der Waals surface area (Å²) < 4.78 is 0. The highest BCUT2D eigenvalue weighted by atomic mass is 15.2. The van der Waals surface area contributed by atoms with Gasteiger partial charge in [0.1, 0.15) is 5.82 Å². The van der Waals surface area contributed by atoms with Gasteiger partial charge in [0.15, 0.2) is 0 Å². The SMILES string of the molecule is CC1(C)CCCN1c1ccc(N)nc1. The molecule has 3 nitrogen and oxygen atoms in total. The van der Waals surface area contributed by atoms with E-state index in [0.717, 1.165) is 6.54 Å². The molecule has 1 saturated heterocycles. The van der Waals surface area contributed by atoms with Crippen molar-refractivity contribution in [2.45, 2.75) is 32.2 Å². The fourth-order valence-corrected chi connectivity index (χ4v) is 2.14. The normalized spacial score (nSPS) is 20.0. The third kappa shape index (κ3) is 1.54. The Balaban J connectivity index is 2.27. The minimum absolute atomic E-state index is 0.262. The van der Waals surface area contributed by atoms with Crippen molar-refractivity contribution in [3.63, 3.8) is 0 Å². The van der Waals surface area contributed by atoms with Gasteiger partial charge >= 0.3 is 0 Å². The molecule has 1 aliphatic heterocycles. The first-order valence-electron chi connectivity index (χ1n) is 5.09. The van der Waals surface area contributed by atoms with Gasteiger partial charge in [0.25, 0.3) is 0 Å². The second kappa shape index (κ2) is 3.15. The van der Waals surface area contributed by atoms with Crippen molar-refractivity contribution < 1.29 is 0 Å². The molecule has 2 N–H and O–H groups in total. The van der Waals surface area contributed by atoms with Crippen molar-refractivity contribution in [2.75, 3.05) is 17.2 Å². The molecule has 2 rings (SSSR count). The van der Waals surface area contributed by atoms with Crippen LogP contribution in [0.5, 0.6) is 0 Å². The summed E-state index contributed by atoms with van der Waals surface area (Å²) >= 11 is 0. The van der Waals surface area contributed by atoms with E-state index < -0.39 is 0 Å². The number of pyridine rings is 1. The van der Waals surface area contributed by atoms with Gasteiger partial charge in [0, 0.05) is 12.1 Å². The number of nitrogens with zero attached hydrogens (tertiary/aromatic N) is 2. The molecule has 76 valence electrons. The van der Waals surface area contributed by atoms with Crippen molar-refractivity contribution in [2.24, 2.45) is 0 Å². The highest BCUT2D eigenvalue weighted by Crippen LogP contribution is 2.32. The Hall–Kier alpha value is -1.25. The molecule has 0 aliphatic carbocycles. The maximum Gasteiger partial charge on any atom is 0.123 e. The van der Waals surface area contributed by atoms with Crippen molar-refractivity contribution in [3.05, 3.63) is 18.3 Å². The first-order chi connectivity index (χ1) is 6.59. The van der Waals surface area contributed by atoms with Crippen molar-refractivity contribution in [1.82, 2.24) is 4.98 Å². The number of nitrogen functional groups attached to an aromatic ring is 1. The molecular weight excluding hydrogens is 174 g/mol. The van der Waals surface area contributed by atoms with Crippen molar-refractivity contribution >= 4 is 11.5 Å². The van der Waals surface area contributed by atoms with Crippen molar-refractivity contribution in [1.29, 1.82) is 0 Å². The van der Waals surface area contributed by atoms with Crippen LogP contribution in [0.1, 0.15) is 26.7 Å². The average Bonchev–Trinajstić information content (AvgIpc) is 2.47. The highest BCUT2D eigenvalue weighted by molar-refractivity contribution is 5.50. The van der Waals surface area contributed by atoms with E-state index in [0.29, 0.717) is 5.82 Å². The van der Waals surface area contributed by atoms with Gasteiger partial charge in [-0.3, -0.25) is 0 Å². The van der Waals surface area contributed by atoms with Gasteiger partial charge in [-0.15, -0.1) is 0 Å². The van der Waals surface area contributed by atoms with E-state index in [1.165, 1.54) is 18.5 Å². The third-order valence-electron chi connectivity index (χ3n) is 2.98. The fraction of sp³-hybridized carbons (Fsp3) is 0.545. The molecule has 0 bridgehead atoms. The summed E-state index contributed by atoms with van der Waals surface area (Å²) in [5.41, 5.74) is 7.01. The number of hydrogen-bond acceptors (Lipinski definition) is 3. The number of anilines is 2. The van der Waals surface area contributed by atoms with E-state index >= 15 is 0 Å². The molecule has 1 aliphatic rings. The summed E-state index contributed by atoms with van der Waals surface area (Å²) in [5.74, 6) is 0.589. The molecule has 0 radical (unpaired) electrons. The summed E-state index contributed by atoms with van der Waals surface area (Å²) in [5, 5.41) is 0. The molecule has 1 aromatic heterocycles. The predicted octanol–water partition coefficient (Wildman–Crippen LogP) is 2.04. The zero-order valence-corrected chi connectivity index (χ0v) is 8.83. The summed E-state index contributed by atoms with van der Waals surface area (Å²) in [7, 11) is 0. The van der Waals surface area contributed by atoms with E-state index in [-0.39, 0.29) is 5.54 Å². The number of nitrogens with two attached hydrogens (primary N) is 1. The summed E-state index contributed by atoms with van der Waals surface area (Å²) in [6, 6.07) is 3.92. The molecule has 0 unspecified atom stereocenters. The first kappa shape index (κ1) is 9.31. The Morgan fingerprint density at radius 2 is 2.21 bits per heavy atom. The van der Waals surface area contributed by atoms with Crippen LogP contribution in [-0.2, 0) is 0 Å². The number of rotatable bonds is 1. The quantitative estimate of drug-likeness (QED) is 0.738. The van der Waals surface area contributed by atoms with Gasteiger partial charge in [-0.25, -0.2) is 4.98 Å². The van der Waals surface area contributed by atoms with Crippen LogP contribution in [0.15, 0.2) is 18.3 Å². The summed E-state index contributed by atoms with van der Waals surface area (Å²) in [4.78, 5) is 6.53. The average molecular weight is 191 g/mol. The Labute approximate surface area is 84.9 Å². The Morgan fingerprint density at radius 1 is 1.43 bits per heavy atom. The topological polar surface area (TPSA) is 42.1 Å². The van der Waals surface area contributed by atoms with Crippen LogP contribution in [0.4, 0.5) is 11.5 Å². The van der Waals surface area contributed by atoms with E-state index in [9.17, 15) is 0 Å². The summed E-state index contributed by atoms with van der Waals surface area (Å²) in [6.07, 6.45) is 4.37. The van der Waals surface area contributed by atoms with Crippen LogP contribution in [0, 0.1) is 0 Å². The van der Waals surface area contributed by atoms with Crippen LogP contribution in [0.2, 0.25) is 0 Å². The predicted molar refractivity (Wildman–Crippen MR) is 59.3 cm³/mol. The van der Waals surface area contributed by atoms with E-state index in [2.05, 4.69) is 29.8 Å². The second-order valence-electron chi connectivity index (χ2n) is 4.51. The van der Waals surface area contributed by atoms with E-state index in [1.807, 2.05) is 12.3 Å². The van der Waals surface area contributed by atoms with E-state index in [1.54, 1.807) is 0 Å². The van der Waals surface area contributed by atoms with Crippen LogP contribution < -0.4 is 10.6 Å². The molecule has 0 amide bonds. The standard InChI is InChI=1S/C11H17N3/c1-11(2)6-3-7-14(11)9-4-5-10(12)13-8-9/h4-5,8H,3,6-7H2,1-2H3,(H2,12,13). The second-order valence-corrected chi connectivity index (χ2v) is 4.51. The highest BCUT2D eigenvalue weighted by Gasteiger charge is 2.31. The molecule has 0 atom stereocenters. The number of aromatic nitrogens is 1.